The van der Waals surface area contributed by atoms with E-state index in [0.717, 1.165) is 24.3 Å². The van der Waals surface area contributed by atoms with Crippen LogP contribution >= 0.6 is 0 Å². The van der Waals surface area contributed by atoms with Crippen LogP contribution in [-0.2, 0) is 0 Å². The van der Waals surface area contributed by atoms with Gasteiger partial charge in [0.2, 0.25) is 0 Å². The molecule has 1 saturated heterocycles. The number of likely N-dealkylation sites (tertiary alicyclic amines) is 1. The van der Waals surface area contributed by atoms with Gasteiger partial charge >= 0.3 is 0 Å². The number of rotatable bonds is 6. The Hall–Kier alpha value is -2.76. The normalized spacial score (nSPS) is 16.7. The van der Waals surface area contributed by atoms with Gasteiger partial charge in [-0.25, -0.2) is 0 Å². The van der Waals surface area contributed by atoms with Crippen molar-refractivity contribution >= 4 is 5.91 Å². The summed E-state index contributed by atoms with van der Waals surface area (Å²) in [6.45, 7) is 5.51. The van der Waals surface area contributed by atoms with Crippen LogP contribution in [0.5, 0.6) is 11.5 Å². The highest BCUT2D eigenvalue weighted by Gasteiger charge is 2.33. The van der Waals surface area contributed by atoms with Gasteiger partial charge in [0, 0.05) is 23.4 Å². The van der Waals surface area contributed by atoms with Crippen LogP contribution < -0.4 is 15.0 Å². The SMILES string of the molecule is CCOc1ccc(C(=O)N2CC(Oc3cc(C)n(C4CC4)c(=O)c3)C2)cc1. The summed E-state index contributed by atoms with van der Waals surface area (Å²) in [6.07, 6.45) is 2.07. The first-order chi connectivity index (χ1) is 13.0. The van der Waals surface area contributed by atoms with Crippen molar-refractivity contribution in [2.24, 2.45) is 0 Å². The number of nitrogens with zero attached hydrogens (tertiary/aromatic N) is 2. The van der Waals surface area contributed by atoms with Gasteiger partial charge in [-0.1, -0.05) is 0 Å². The molecule has 2 aromatic rings. The van der Waals surface area contributed by atoms with Crippen molar-refractivity contribution in [1.82, 2.24) is 9.47 Å². The zero-order valence-corrected chi connectivity index (χ0v) is 15.7. The van der Waals surface area contributed by atoms with E-state index in [1.807, 2.05) is 36.6 Å². The van der Waals surface area contributed by atoms with Gasteiger partial charge in [0.15, 0.2) is 0 Å². The summed E-state index contributed by atoms with van der Waals surface area (Å²) in [5.74, 6) is 1.33. The molecule has 27 heavy (non-hydrogen) atoms. The third-order valence-corrected chi connectivity index (χ3v) is 5.00. The highest BCUT2D eigenvalue weighted by Crippen LogP contribution is 2.35. The van der Waals surface area contributed by atoms with Crippen LogP contribution in [0.1, 0.15) is 41.9 Å². The largest absolute Gasteiger partial charge is 0.494 e. The molecule has 2 heterocycles. The Labute approximate surface area is 158 Å². The number of ether oxygens (including phenoxy) is 2. The molecule has 0 spiro atoms. The molecular formula is C21H24N2O4. The smallest absolute Gasteiger partial charge is 0.254 e. The predicted octanol–water partition coefficient (Wildman–Crippen LogP) is 2.79. The molecular weight excluding hydrogens is 344 g/mol. The van der Waals surface area contributed by atoms with E-state index in [0.29, 0.717) is 37.1 Å². The lowest BCUT2D eigenvalue weighted by atomic mass is 10.1. The second kappa shape index (κ2) is 7.10. The first kappa shape index (κ1) is 17.6. The Morgan fingerprint density at radius 1 is 1.11 bits per heavy atom. The lowest BCUT2D eigenvalue weighted by molar-refractivity contribution is 0.0176. The Morgan fingerprint density at radius 3 is 2.41 bits per heavy atom. The highest BCUT2D eigenvalue weighted by atomic mass is 16.5. The minimum atomic E-state index is -0.0766. The van der Waals surface area contributed by atoms with Crippen molar-refractivity contribution in [2.45, 2.75) is 38.8 Å². The van der Waals surface area contributed by atoms with E-state index in [9.17, 15) is 9.59 Å². The molecule has 2 fully saturated rings. The zero-order valence-electron chi connectivity index (χ0n) is 15.7. The minimum absolute atomic E-state index is 0.00542. The Balaban J connectivity index is 1.34. The van der Waals surface area contributed by atoms with E-state index in [-0.39, 0.29) is 17.6 Å². The Kier molecular flexibility index (Phi) is 4.64. The number of amides is 1. The predicted molar refractivity (Wildman–Crippen MR) is 102 cm³/mol. The van der Waals surface area contributed by atoms with E-state index in [4.69, 9.17) is 9.47 Å². The number of hydrogen-bond acceptors (Lipinski definition) is 4. The fourth-order valence-corrected chi connectivity index (χ4v) is 3.46. The summed E-state index contributed by atoms with van der Waals surface area (Å²) in [4.78, 5) is 26.5. The fourth-order valence-electron chi connectivity index (χ4n) is 3.46. The van der Waals surface area contributed by atoms with Crippen molar-refractivity contribution in [3.8, 4) is 11.5 Å². The zero-order chi connectivity index (χ0) is 19.0. The van der Waals surface area contributed by atoms with Crippen molar-refractivity contribution in [2.75, 3.05) is 19.7 Å². The standard InChI is InChI=1S/C21H24N2O4/c1-3-26-17-8-4-15(5-9-17)21(25)22-12-19(13-22)27-18-10-14(2)23(16-6-7-16)20(24)11-18/h4-5,8-11,16,19H,3,6-7,12-13H2,1-2H3. The molecule has 2 aliphatic rings. The number of carbonyl (C=O) groups is 1. The number of hydrogen-bond donors (Lipinski definition) is 0. The van der Waals surface area contributed by atoms with E-state index in [2.05, 4.69) is 0 Å². The van der Waals surface area contributed by atoms with Crippen LogP contribution in [0.3, 0.4) is 0 Å². The molecule has 6 nitrogen and oxygen atoms in total. The van der Waals surface area contributed by atoms with Crippen LogP contribution in [0.25, 0.3) is 0 Å². The number of aromatic nitrogens is 1. The minimum Gasteiger partial charge on any atom is -0.494 e. The van der Waals surface area contributed by atoms with Gasteiger partial charge in [0.25, 0.3) is 11.5 Å². The number of benzene rings is 1. The molecule has 1 saturated carbocycles. The second-order valence-electron chi connectivity index (χ2n) is 7.18. The third-order valence-electron chi connectivity index (χ3n) is 5.00. The monoisotopic (exact) mass is 368 g/mol. The van der Waals surface area contributed by atoms with Crippen LogP contribution in [0.15, 0.2) is 41.2 Å². The lowest BCUT2D eigenvalue weighted by Gasteiger charge is -2.39. The van der Waals surface area contributed by atoms with Crippen LogP contribution in [0.4, 0.5) is 0 Å². The van der Waals surface area contributed by atoms with Gasteiger partial charge in [-0.05, 0) is 57.0 Å². The van der Waals surface area contributed by atoms with E-state index < -0.39 is 0 Å². The molecule has 142 valence electrons. The maximum atomic E-state index is 12.5. The summed E-state index contributed by atoms with van der Waals surface area (Å²) in [6, 6.07) is 11.0. The summed E-state index contributed by atoms with van der Waals surface area (Å²) in [7, 11) is 0. The van der Waals surface area contributed by atoms with Gasteiger partial charge in [0.05, 0.1) is 19.7 Å². The maximum Gasteiger partial charge on any atom is 0.254 e. The number of pyridine rings is 1. The number of carbonyl (C=O) groups excluding carboxylic acids is 1. The van der Waals surface area contributed by atoms with Gasteiger partial charge in [0.1, 0.15) is 17.6 Å². The number of aryl methyl sites for hydroxylation is 1. The Morgan fingerprint density at radius 2 is 1.81 bits per heavy atom. The molecule has 1 aromatic carbocycles. The van der Waals surface area contributed by atoms with E-state index in [1.165, 1.54) is 0 Å². The van der Waals surface area contributed by atoms with Crippen LogP contribution in [0.2, 0.25) is 0 Å². The molecule has 0 unspecified atom stereocenters. The quantitative estimate of drug-likeness (QED) is 0.787. The maximum absolute atomic E-state index is 12.5. The first-order valence-electron chi connectivity index (χ1n) is 9.47. The second-order valence-corrected chi connectivity index (χ2v) is 7.18. The van der Waals surface area contributed by atoms with Crippen molar-refractivity contribution < 1.29 is 14.3 Å². The van der Waals surface area contributed by atoms with Gasteiger partial charge < -0.3 is 18.9 Å². The molecule has 1 aromatic heterocycles. The van der Waals surface area contributed by atoms with Crippen molar-refractivity contribution in [1.29, 1.82) is 0 Å². The highest BCUT2D eigenvalue weighted by molar-refractivity contribution is 5.94. The van der Waals surface area contributed by atoms with E-state index in [1.54, 1.807) is 23.1 Å². The van der Waals surface area contributed by atoms with Crippen molar-refractivity contribution in [3.63, 3.8) is 0 Å². The molecule has 6 heteroatoms. The van der Waals surface area contributed by atoms with E-state index >= 15 is 0 Å². The third kappa shape index (κ3) is 3.70. The van der Waals surface area contributed by atoms with Gasteiger partial charge in [-0.3, -0.25) is 9.59 Å². The first-order valence-corrected chi connectivity index (χ1v) is 9.47. The summed E-state index contributed by atoms with van der Waals surface area (Å²) < 4.78 is 13.1. The summed E-state index contributed by atoms with van der Waals surface area (Å²) >= 11 is 0. The Bertz CT molecular complexity index is 893. The molecule has 1 amide bonds. The fraction of sp³-hybridized carbons (Fsp3) is 0.429. The molecule has 1 aliphatic carbocycles. The van der Waals surface area contributed by atoms with Crippen molar-refractivity contribution in [3.05, 3.63) is 58.0 Å². The molecule has 0 radical (unpaired) electrons. The molecule has 1 aliphatic heterocycles. The molecule has 0 N–H and O–H groups in total. The average Bonchev–Trinajstić information content (AvgIpc) is 3.42. The van der Waals surface area contributed by atoms with Crippen LogP contribution in [0, 0.1) is 6.92 Å². The summed E-state index contributed by atoms with van der Waals surface area (Å²) in [5, 5.41) is 0. The summed E-state index contributed by atoms with van der Waals surface area (Å²) in [5.41, 5.74) is 1.57. The molecule has 4 rings (SSSR count). The average molecular weight is 368 g/mol. The van der Waals surface area contributed by atoms with Crippen LogP contribution in [-0.4, -0.2) is 41.2 Å². The van der Waals surface area contributed by atoms with Gasteiger partial charge in [-0.2, -0.15) is 0 Å². The topological polar surface area (TPSA) is 60.8 Å². The lowest BCUT2D eigenvalue weighted by Crippen LogP contribution is -2.56. The van der Waals surface area contributed by atoms with Gasteiger partial charge in [-0.15, -0.1) is 0 Å². The molecule has 0 atom stereocenters. The molecule has 0 bridgehead atoms.